The Morgan fingerprint density at radius 1 is 1.11 bits per heavy atom. The van der Waals surface area contributed by atoms with Gasteiger partial charge in [0.25, 0.3) is 5.91 Å². The molecule has 0 radical (unpaired) electrons. The van der Waals surface area contributed by atoms with Crippen LogP contribution in [0.1, 0.15) is 16.1 Å². The number of aromatic nitrogens is 2. The highest BCUT2D eigenvalue weighted by Gasteiger charge is 2.23. The van der Waals surface area contributed by atoms with Gasteiger partial charge in [0.05, 0.1) is 30.6 Å². The van der Waals surface area contributed by atoms with Crippen LogP contribution in [0.5, 0.6) is 11.5 Å². The molecule has 0 saturated heterocycles. The largest absolute Gasteiger partial charge is 0.497 e. The first-order chi connectivity index (χ1) is 13.5. The highest BCUT2D eigenvalue weighted by atomic mass is 35.5. The van der Waals surface area contributed by atoms with Crippen molar-refractivity contribution in [2.45, 2.75) is 6.92 Å². The fraction of sp³-hybridized carbons (Fsp3) is 0.238. The van der Waals surface area contributed by atoms with Crippen LogP contribution in [-0.4, -0.2) is 47.9 Å². The Morgan fingerprint density at radius 2 is 1.75 bits per heavy atom. The molecule has 0 atom stereocenters. The molecule has 1 aromatic heterocycles. The fourth-order valence-electron chi connectivity index (χ4n) is 2.75. The van der Waals surface area contributed by atoms with E-state index in [1.165, 1.54) is 0 Å². The third kappa shape index (κ3) is 4.28. The molecule has 0 aliphatic carbocycles. The second-order valence-electron chi connectivity index (χ2n) is 6.25. The molecule has 0 unspecified atom stereocenters. The topological polar surface area (TPSA) is 56.6 Å². The summed E-state index contributed by atoms with van der Waals surface area (Å²) in [5.41, 5.74) is 1.79. The van der Waals surface area contributed by atoms with Gasteiger partial charge in [0.2, 0.25) is 0 Å². The fourth-order valence-corrected chi connectivity index (χ4v) is 3.10. The van der Waals surface area contributed by atoms with Crippen LogP contribution in [-0.2, 0) is 0 Å². The van der Waals surface area contributed by atoms with E-state index in [0.29, 0.717) is 35.3 Å². The van der Waals surface area contributed by atoms with Gasteiger partial charge >= 0.3 is 0 Å². The molecule has 0 aliphatic rings. The first kappa shape index (κ1) is 19.8. The third-order valence-electron chi connectivity index (χ3n) is 4.32. The van der Waals surface area contributed by atoms with E-state index in [4.69, 9.17) is 21.1 Å². The normalized spacial score (nSPS) is 10.6. The van der Waals surface area contributed by atoms with E-state index in [9.17, 15) is 4.79 Å². The van der Waals surface area contributed by atoms with E-state index >= 15 is 0 Å². The number of methoxy groups -OCH3 is 1. The number of ether oxygens (including phenoxy) is 2. The van der Waals surface area contributed by atoms with Crippen LogP contribution in [0.3, 0.4) is 0 Å². The number of benzene rings is 2. The lowest BCUT2D eigenvalue weighted by Crippen LogP contribution is -2.31. The van der Waals surface area contributed by atoms with Crippen LogP contribution in [0.25, 0.3) is 5.69 Å². The molecule has 0 N–H and O–H groups in total. The summed E-state index contributed by atoms with van der Waals surface area (Å²) in [5, 5.41) is 4.72. The molecule has 1 amide bonds. The first-order valence-corrected chi connectivity index (χ1v) is 9.22. The van der Waals surface area contributed by atoms with Crippen LogP contribution in [0.4, 0.5) is 0 Å². The third-order valence-corrected chi connectivity index (χ3v) is 4.67. The van der Waals surface area contributed by atoms with Crippen molar-refractivity contribution in [2.24, 2.45) is 0 Å². The molecule has 0 spiro atoms. The summed E-state index contributed by atoms with van der Waals surface area (Å²) >= 11 is 6.47. The predicted octanol–water partition coefficient (Wildman–Crippen LogP) is 3.99. The van der Waals surface area contributed by atoms with Crippen molar-refractivity contribution in [3.8, 4) is 17.2 Å². The number of carbonyl (C=O) groups is 1. The maximum atomic E-state index is 12.9. The van der Waals surface area contributed by atoms with Crippen LogP contribution in [0.2, 0.25) is 5.15 Å². The van der Waals surface area contributed by atoms with Crippen molar-refractivity contribution < 1.29 is 14.3 Å². The van der Waals surface area contributed by atoms with E-state index in [1.807, 2.05) is 54.6 Å². The second-order valence-corrected chi connectivity index (χ2v) is 6.61. The number of carbonyl (C=O) groups excluding carboxylic acids is 1. The number of para-hydroxylation sites is 1. The van der Waals surface area contributed by atoms with Gasteiger partial charge in [-0.1, -0.05) is 29.8 Å². The molecule has 28 heavy (non-hydrogen) atoms. The Bertz CT molecular complexity index is 940. The zero-order valence-electron chi connectivity index (χ0n) is 16.1. The van der Waals surface area contributed by atoms with Gasteiger partial charge in [-0.2, -0.15) is 5.10 Å². The summed E-state index contributed by atoms with van der Waals surface area (Å²) in [5.74, 6) is 1.29. The molecular formula is C21H22ClN3O3. The molecule has 6 nitrogen and oxygen atoms in total. The number of hydrogen-bond acceptors (Lipinski definition) is 4. The van der Waals surface area contributed by atoms with E-state index in [2.05, 4.69) is 5.10 Å². The van der Waals surface area contributed by atoms with Crippen molar-refractivity contribution in [1.82, 2.24) is 14.7 Å². The number of amides is 1. The van der Waals surface area contributed by atoms with Gasteiger partial charge in [0.1, 0.15) is 23.3 Å². The smallest absolute Gasteiger partial charge is 0.258 e. The van der Waals surface area contributed by atoms with Crippen LogP contribution in [0.15, 0.2) is 54.6 Å². The van der Waals surface area contributed by atoms with Gasteiger partial charge in [-0.3, -0.25) is 4.79 Å². The molecule has 0 bridgehead atoms. The number of nitrogens with zero attached hydrogens (tertiary/aromatic N) is 3. The van der Waals surface area contributed by atoms with Crippen molar-refractivity contribution in [1.29, 1.82) is 0 Å². The van der Waals surface area contributed by atoms with Crippen LogP contribution < -0.4 is 9.47 Å². The summed E-state index contributed by atoms with van der Waals surface area (Å²) in [7, 11) is 3.33. The lowest BCUT2D eigenvalue weighted by atomic mass is 10.2. The zero-order chi connectivity index (χ0) is 20.1. The number of halogens is 1. The molecule has 3 rings (SSSR count). The van der Waals surface area contributed by atoms with Gasteiger partial charge in [-0.15, -0.1) is 0 Å². The second kappa shape index (κ2) is 8.80. The first-order valence-electron chi connectivity index (χ1n) is 8.84. The Labute approximate surface area is 169 Å². The Hall–Kier alpha value is -2.99. The van der Waals surface area contributed by atoms with Gasteiger partial charge < -0.3 is 14.4 Å². The molecule has 0 saturated carbocycles. The molecule has 7 heteroatoms. The lowest BCUT2D eigenvalue weighted by molar-refractivity contribution is 0.0773. The van der Waals surface area contributed by atoms with Gasteiger partial charge in [0.15, 0.2) is 0 Å². The molecule has 3 aromatic rings. The van der Waals surface area contributed by atoms with Crippen LogP contribution >= 0.6 is 11.6 Å². The van der Waals surface area contributed by atoms with E-state index in [0.717, 1.165) is 11.4 Å². The molecule has 0 aliphatic heterocycles. The summed E-state index contributed by atoms with van der Waals surface area (Å²) in [4.78, 5) is 14.5. The van der Waals surface area contributed by atoms with Crippen molar-refractivity contribution >= 4 is 17.5 Å². The molecule has 146 valence electrons. The molecule has 0 fully saturated rings. The van der Waals surface area contributed by atoms with Crippen LogP contribution in [0, 0.1) is 6.92 Å². The molecular weight excluding hydrogens is 378 g/mol. The minimum atomic E-state index is -0.192. The average Bonchev–Trinajstić information content (AvgIpc) is 3.02. The summed E-state index contributed by atoms with van der Waals surface area (Å²) in [6.45, 7) is 2.55. The molecule has 2 aromatic carbocycles. The monoisotopic (exact) mass is 399 g/mol. The number of aryl methyl sites for hydroxylation is 1. The summed E-state index contributed by atoms with van der Waals surface area (Å²) in [6, 6.07) is 16.8. The summed E-state index contributed by atoms with van der Waals surface area (Å²) < 4.78 is 12.4. The summed E-state index contributed by atoms with van der Waals surface area (Å²) in [6.07, 6.45) is 0. The van der Waals surface area contributed by atoms with Gasteiger partial charge in [-0.25, -0.2) is 4.68 Å². The molecule has 1 heterocycles. The highest BCUT2D eigenvalue weighted by Crippen LogP contribution is 2.24. The minimum absolute atomic E-state index is 0.192. The standard InChI is InChI=1S/C21H22ClN3O3/c1-15-19(20(22)25(23-15)16-7-5-4-6-8-16)21(26)24(2)13-14-28-18-11-9-17(27-3)10-12-18/h4-12H,13-14H2,1-3H3. The number of hydrogen-bond donors (Lipinski definition) is 0. The van der Waals surface area contributed by atoms with Gasteiger partial charge in [-0.05, 0) is 43.3 Å². The van der Waals surface area contributed by atoms with E-state index in [1.54, 1.807) is 30.7 Å². The number of rotatable bonds is 7. The SMILES string of the molecule is COc1ccc(OCCN(C)C(=O)c2c(C)nn(-c3ccccc3)c2Cl)cc1. The average molecular weight is 400 g/mol. The minimum Gasteiger partial charge on any atom is -0.497 e. The lowest BCUT2D eigenvalue weighted by Gasteiger charge is -2.17. The predicted molar refractivity (Wildman–Crippen MR) is 109 cm³/mol. The Balaban J connectivity index is 1.65. The highest BCUT2D eigenvalue weighted by molar-refractivity contribution is 6.33. The van der Waals surface area contributed by atoms with Crippen molar-refractivity contribution in [3.05, 3.63) is 71.0 Å². The number of likely N-dealkylation sites (N-methyl/N-ethyl adjacent to an activating group) is 1. The van der Waals surface area contributed by atoms with Crippen molar-refractivity contribution in [3.63, 3.8) is 0 Å². The Kier molecular flexibility index (Phi) is 6.21. The Morgan fingerprint density at radius 3 is 2.39 bits per heavy atom. The van der Waals surface area contributed by atoms with Crippen molar-refractivity contribution in [2.75, 3.05) is 27.3 Å². The van der Waals surface area contributed by atoms with Gasteiger partial charge in [0, 0.05) is 7.05 Å². The quantitative estimate of drug-likeness (QED) is 0.602. The maximum absolute atomic E-state index is 12.9. The maximum Gasteiger partial charge on any atom is 0.258 e. The van der Waals surface area contributed by atoms with E-state index in [-0.39, 0.29) is 5.91 Å². The van der Waals surface area contributed by atoms with E-state index < -0.39 is 0 Å². The zero-order valence-corrected chi connectivity index (χ0v) is 16.8.